The molecule has 0 radical (unpaired) electrons. The molecule has 2 atom stereocenters. The van der Waals surface area contributed by atoms with Gasteiger partial charge in [-0.25, -0.2) is 0 Å². The van der Waals surface area contributed by atoms with E-state index in [4.69, 9.17) is 10.5 Å². The molecule has 1 aromatic carbocycles. The van der Waals surface area contributed by atoms with Crippen LogP contribution >= 0.6 is 0 Å². The summed E-state index contributed by atoms with van der Waals surface area (Å²) in [4.78, 5) is 0. The minimum absolute atomic E-state index is 0.0606. The molecule has 0 bridgehead atoms. The van der Waals surface area contributed by atoms with Crippen molar-refractivity contribution in [2.24, 2.45) is 11.7 Å². The fraction of sp³-hybridized carbons (Fsp3) is 0.625. The predicted octanol–water partition coefficient (Wildman–Crippen LogP) is 3.23. The van der Waals surface area contributed by atoms with Gasteiger partial charge in [0, 0.05) is 12.6 Å². The zero-order valence-corrected chi connectivity index (χ0v) is 12.4. The highest BCUT2D eigenvalue weighted by atomic mass is 16.5. The van der Waals surface area contributed by atoms with E-state index in [-0.39, 0.29) is 12.1 Å². The minimum atomic E-state index is 0.0606. The number of hydrogen-bond acceptors (Lipinski definition) is 2. The molecule has 0 aliphatic heterocycles. The van der Waals surface area contributed by atoms with Gasteiger partial charge in [0.25, 0.3) is 0 Å². The highest BCUT2D eigenvalue weighted by molar-refractivity contribution is 5.31. The number of ether oxygens (including phenoxy) is 1. The second-order valence-corrected chi connectivity index (χ2v) is 5.46. The first-order chi connectivity index (χ1) is 8.45. The molecule has 1 aromatic rings. The van der Waals surface area contributed by atoms with Gasteiger partial charge in [0.2, 0.25) is 0 Å². The summed E-state index contributed by atoms with van der Waals surface area (Å²) in [6, 6.07) is 6.61. The van der Waals surface area contributed by atoms with Crippen LogP contribution in [0.25, 0.3) is 0 Å². The molecule has 2 nitrogen and oxygen atoms in total. The number of rotatable bonds is 6. The Morgan fingerprint density at radius 2 is 1.89 bits per heavy atom. The summed E-state index contributed by atoms with van der Waals surface area (Å²) in [5.41, 5.74) is 10.3. The first kappa shape index (κ1) is 15.2. The van der Waals surface area contributed by atoms with Crippen LogP contribution < -0.4 is 5.73 Å². The third-order valence-electron chi connectivity index (χ3n) is 3.40. The van der Waals surface area contributed by atoms with Gasteiger partial charge in [-0.2, -0.15) is 0 Å². The van der Waals surface area contributed by atoms with Crippen molar-refractivity contribution in [3.63, 3.8) is 0 Å². The molecular weight excluding hydrogens is 222 g/mol. The second kappa shape index (κ2) is 6.91. The average molecular weight is 249 g/mol. The molecule has 2 heteroatoms. The lowest BCUT2D eigenvalue weighted by molar-refractivity contribution is 0.0127. The van der Waals surface area contributed by atoms with E-state index in [1.807, 2.05) is 6.92 Å². The topological polar surface area (TPSA) is 35.2 Å². The van der Waals surface area contributed by atoms with Crippen LogP contribution in [-0.2, 0) is 11.2 Å². The van der Waals surface area contributed by atoms with Gasteiger partial charge in [0.05, 0.1) is 6.10 Å². The Hall–Kier alpha value is -0.860. The van der Waals surface area contributed by atoms with E-state index in [0.29, 0.717) is 5.92 Å². The molecule has 0 spiro atoms. The van der Waals surface area contributed by atoms with E-state index in [2.05, 4.69) is 45.9 Å². The molecule has 0 fully saturated rings. The van der Waals surface area contributed by atoms with Crippen LogP contribution in [0.1, 0.15) is 37.5 Å². The molecule has 2 unspecified atom stereocenters. The van der Waals surface area contributed by atoms with Gasteiger partial charge in [-0.15, -0.1) is 0 Å². The summed E-state index contributed by atoms with van der Waals surface area (Å²) in [7, 11) is 0. The standard InChI is InChI=1S/C16H27NO/c1-6-18-16(11(2)3)15(17)10-14-9-12(4)7-8-13(14)5/h7-9,11,15-16H,6,10,17H2,1-5H3. The lowest BCUT2D eigenvalue weighted by Gasteiger charge is -2.27. The fourth-order valence-corrected chi connectivity index (χ4v) is 2.39. The Labute approximate surface area is 112 Å². The van der Waals surface area contributed by atoms with E-state index >= 15 is 0 Å². The van der Waals surface area contributed by atoms with Crippen LogP contribution in [0, 0.1) is 19.8 Å². The molecule has 0 aliphatic carbocycles. The van der Waals surface area contributed by atoms with Crippen molar-refractivity contribution in [3.8, 4) is 0 Å². The van der Waals surface area contributed by atoms with E-state index < -0.39 is 0 Å². The van der Waals surface area contributed by atoms with Crippen molar-refractivity contribution in [1.29, 1.82) is 0 Å². The Bertz CT molecular complexity index is 373. The molecule has 0 saturated carbocycles. The second-order valence-electron chi connectivity index (χ2n) is 5.46. The number of hydrogen-bond donors (Lipinski definition) is 1. The van der Waals surface area contributed by atoms with Crippen molar-refractivity contribution in [3.05, 3.63) is 34.9 Å². The third-order valence-corrected chi connectivity index (χ3v) is 3.40. The summed E-state index contributed by atoms with van der Waals surface area (Å²) in [6.07, 6.45) is 1.02. The van der Waals surface area contributed by atoms with Crippen LogP contribution in [0.4, 0.5) is 0 Å². The van der Waals surface area contributed by atoms with Gasteiger partial charge in [0.1, 0.15) is 0 Å². The maximum absolute atomic E-state index is 6.33. The Kier molecular flexibility index (Phi) is 5.83. The molecule has 2 N–H and O–H groups in total. The highest BCUT2D eigenvalue weighted by Gasteiger charge is 2.22. The zero-order chi connectivity index (χ0) is 13.7. The van der Waals surface area contributed by atoms with Crippen molar-refractivity contribution in [1.82, 2.24) is 0 Å². The quantitative estimate of drug-likeness (QED) is 0.840. The summed E-state index contributed by atoms with van der Waals surface area (Å²) in [6.45, 7) is 11.4. The van der Waals surface area contributed by atoms with E-state index in [1.165, 1.54) is 16.7 Å². The zero-order valence-electron chi connectivity index (χ0n) is 12.4. The summed E-state index contributed by atoms with van der Waals surface area (Å²) in [5, 5.41) is 0. The smallest absolute Gasteiger partial charge is 0.0751 e. The van der Waals surface area contributed by atoms with Crippen molar-refractivity contribution >= 4 is 0 Å². The molecule has 0 saturated heterocycles. The molecule has 0 amide bonds. The Morgan fingerprint density at radius 1 is 1.22 bits per heavy atom. The maximum Gasteiger partial charge on any atom is 0.0751 e. The minimum Gasteiger partial charge on any atom is -0.377 e. The number of benzene rings is 1. The van der Waals surface area contributed by atoms with Gasteiger partial charge in [0.15, 0.2) is 0 Å². The summed E-state index contributed by atoms with van der Waals surface area (Å²) in [5.74, 6) is 0.449. The number of aryl methyl sites for hydroxylation is 2. The lowest BCUT2D eigenvalue weighted by Crippen LogP contribution is -2.42. The summed E-state index contributed by atoms with van der Waals surface area (Å²) < 4.78 is 5.78. The largest absolute Gasteiger partial charge is 0.377 e. The number of nitrogens with two attached hydrogens (primary N) is 1. The molecule has 0 aliphatic rings. The average Bonchev–Trinajstić information content (AvgIpc) is 2.30. The van der Waals surface area contributed by atoms with Crippen LogP contribution in [0.15, 0.2) is 18.2 Å². The molecule has 1 rings (SSSR count). The molecule has 0 aromatic heterocycles. The lowest BCUT2D eigenvalue weighted by atomic mass is 9.92. The van der Waals surface area contributed by atoms with Crippen LogP contribution in [0.5, 0.6) is 0 Å². The maximum atomic E-state index is 6.33. The molecule has 0 heterocycles. The predicted molar refractivity (Wildman–Crippen MR) is 77.8 cm³/mol. The first-order valence-corrected chi connectivity index (χ1v) is 6.89. The SMILES string of the molecule is CCOC(C(C)C)C(N)Cc1cc(C)ccc1C. The van der Waals surface area contributed by atoms with Crippen molar-refractivity contribution in [2.45, 2.75) is 53.2 Å². The first-order valence-electron chi connectivity index (χ1n) is 6.89. The van der Waals surface area contributed by atoms with Crippen LogP contribution in [-0.4, -0.2) is 18.8 Å². The highest BCUT2D eigenvalue weighted by Crippen LogP contribution is 2.17. The fourth-order valence-electron chi connectivity index (χ4n) is 2.39. The van der Waals surface area contributed by atoms with Gasteiger partial charge in [-0.1, -0.05) is 37.6 Å². The van der Waals surface area contributed by atoms with E-state index in [9.17, 15) is 0 Å². The van der Waals surface area contributed by atoms with Gasteiger partial charge in [-0.3, -0.25) is 0 Å². The van der Waals surface area contributed by atoms with Gasteiger partial charge < -0.3 is 10.5 Å². The van der Waals surface area contributed by atoms with Crippen molar-refractivity contribution < 1.29 is 4.74 Å². The molecule has 102 valence electrons. The molecular formula is C16H27NO. The van der Waals surface area contributed by atoms with E-state index in [1.54, 1.807) is 0 Å². The monoisotopic (exact) mass is 249 g/mol. The van der Waals surface area contributed by atoms with Crippen molar-refractivity contribution in [2.75, 3.05) is 6.61 Å². The third kappa shape index (κ3) is 4.11. The normalized spacial score (nSPS) is 14.8. The van der Waals surface area contributed by atoms with E-state index in [0.717, 1.165) is 13.0 Å². The Balaban J connectivity index is 2.78. The molecule has 18 heavy (non-hydrogen) atoms. The van der Waals surface area contributed by atoms with Gasteiger partial charge >= 0.3 is 0 Å². The van der Waals surface area contributed by atoms with Crippen LogP contribution in [0.3, 0.4) is 0 Å². The Morgan fingerprint density at radius 3 is 2.44 bits per heavy atom. The van der Waals surface area contributed by atoms with Gasteiger partial charge in [-0.05, 0) is 44.2 Å². The summed E-state index contributed by atoms with van der Waals surface area (Å²) >= 11 is 0. The van der Waals surface area contributed by atoms with Crippen LogP contribution in [0.2, 0.25) is 0 Å².